The Hall–Kier alpha value is -2.92. The second-order valence-corrected chi connectivity index (χ2v) is 8.37. The van der Waals surface area contributed by atoms with Crippen LogP contribution in [0.4, 0.5) is 18.9 Å². The lowest BCUT2D eigenvalue weighted by Crippen LogP contribution is -2.32. The van der Waals surface area contributed by atoms with Gasteiger partial charge in [0.2, 0.25) is 10.0 Å². The molecule has 0 radical (unpaired) electrons. The minimum absolute atomic E-state index is 0.0237. The van der Waals surface area contributed by atoms with Crippen LogP contribution in [-0.2, 0) is 25.7 Å². The molecular formula is C20H21F3N2O5S. The average molecular weight is 458 g/mol. The van der Waals surface area contributed by atoms with E-state index in [1.54, 1.807) is 6.92 Å². The number of benzene rings is 2. The van der Waals surface area contributed by atoms with E-state index in [2.05, 4.69) is 10.0 Å². The van der Waals surface area contributed by atoms with Gasteiger partial charge in [-0.15, -0.1) is 0 Å². The number of hydrogen-bond donors (Lipinski definition) is 2. The highest BCUT2D eigenvalue weighted by atomic mass is 32.2. The van der Waals surface area contributed by atoms with Crippen LogP contribution in [-0.4, -0.2) is 32.9 Å². The summed E-state index contributed by atoms with van der Waals surface area (Å²) in [6.45, 7) is 2.88. The lowest BCUT2D eigenvalue weighted by molar-refractivity contribution is -0.137. The molecule has 0 fully saturated rings. The number of nitrogens with one attached hydrogen (secondary N) is 2. The third-order valence-corrected chi connectivity index (χ3v) is 5.80. The Morgan fingerprint density at radius 2 is 1.61 bits per heavy atom. The first-order chi connectivity index (χ1) is 14.4. The summed E-state index contributed by atoms with van der Waals surface area (Å²) in [5.74, 6) is -1.61. The summed E-state index contributed by atoms with van der Waals surface area (Å²) in [5, 5.41) is 2.31. The second-order valence-electron chi connectivity index (χ2n) is 6.65. The van der Waals surface area contributed by atoms with Gasteiger partial charge in [-0.2, -0.15) is 13.2 Å². The van der Waals surface area contributed by atoms with Gasteiger partial charge in [0.15, 0.2) is 6.61 Å². The number of amides is 1. The Morgan fingerprint density at radius 1 is 1.03 bits per heavy atom. The van der Waals surface area contributed by atoms with Gasteiger partial charge in [0.25, 0.3) is 5.91 Å². The van der Waals surface area contributed by atoms with E-state index in [0.717, 1.165) is 24.3 Å². The minimum Gasteiger partial charge on any atom is -0.452 e. The van der Waals surface area contributed by atoms with Crippen LogP contribution in [0.1, 0.15) is 36.2 Å². The normalized spacial score (nSPS) is 12.8. The summed E-state index contributed by atoms with van der Waals surface area (Å²) in [6.07, 6.45) is -3.88. The maximum Gasteiger partial charge on any atom is 0.416 e. The van der Waals surface area contributed by atoms with Crippen LogP contribution < -0.4 is 10.0 Å². The number of hydrogen-bond acceptors (Lipinski definition) is 5. The van der Waals surface area contributed by atoms with Crippen LogP contribution in [0.5, 0.6) is 0 Å². The van der Waals surface area contributed by atoms with Gasteiger partial charge in [-0.1, -0.05) is 6.92 Å². The quantitative estimate of drug-likeness (QED) is 0.589. The minimum atomic E-state index is -4.49. The zero-order chi connectivity index (χ0) is 23.2. The van der Waals surface area contributed by atoms with Gasteiger partial charge in [-0.3, -0.25) is 4.79 Å². The first-order valence-electron chi connectivity index (χ1n) is 9.19. The summed E-state index contributed by atoms with van der Waals surface area (Å²) in [5.41, 5.74) is -0.719. The first kappa shape index (κ1) is 24.4. The second kappa shape index (κ2) is 9.92. The Labute approximate surface area is 177 Å². The maximum atomic E-state index is 12.5. The van der Waals surface area contributed by atoms with E-state index in [1.807, 2.05) is 6.92 Å². The molecule has 0 aliphatic carbocycles. The predicted octanol–water partition coefficient (Wildman–Crippen LogP) is 3.58. The number of sulfonamides is 1. The van der Waals surface area contributed by atoms with Gasteiger partial charge < -0.3 is 10.1 Å². The highest BCUT2D eigenvalue weighted by molar-refractivity contribution is 7.89. The summed E-state index contributed by atoms with van der Waals surface area (Å²) < 4.78 is 69.3. The smallest absolute Gasteiger partial charge is 0.416 e. The molecule has 1 amide bonds. The first-order valence-corrected chi connectivity index (χ1v) is 10.7. The summed E-state index contributed by atoms with van der Waals surface area (Å²) in [7, 11) is -3.72. The fourth-order valence-electron chi connectivity index (χ4n) is 2.34. The van der Waals surface area contributed by atoms with Gasteiger partial charge >= 0.3 is 12.1 Å². The zero-order valence-corrected chi connectivity index (χ0v) is 17.5. The fraction of sp³-hybridized carbons (Fsp3) is 0.300. The van der Waals surface area contributed by atoms with Crippen molar-refractivity contribution in [3.63, 3.8) is 0 Å². The topological polar surface area (TPSA) is 102 Å². The SMILES string of the molecule is CCC(C)NS(=O)(=O)c1ccc(C(=O)OCC(=O)Nc2ccc(C(F)(F)F)cc2)cc1. The Morgan fingerprint density at radius 3 is 2.13 bits per heavy atom. The molecule has 0 saturated heterocycles. The van der Waals surface area contributed by atoms with E-state index >= 15 is 0 Å². The average Bonchev–Trinajstić information content (AvgIpc) is 2.71. The number of carbonyl (C=O) groups is 2. The van der Waals surface area contributed by atoms with Gasteiger partial charge in [-0.05, 0) is 61.9 Å². The maximum absolute atomic E-state index is 12.5. The van der Waals surface area contributed by atoms with Crippen LogP contribution in [0.15, 0.2) is 53.4 Å². The summed E-state index contributed by atoms with van der Waals surface area (Å²) in [6, 6.07) is 8.51. The monoisotopic (exact) mass is 458 g/mol. The molecule has 0 aromatic heterocycles. The van der Waals surface area contributed by atoms with E-state index in [0.29, 0.717) is 6.42 Å². The van der Waals surface area contributed by atoms with E-state index in [4.69, 9.17) is 4.74 Å². The Bertz CT molecular complexity index is 1020. The molecule has 1 atom stereocenters. The molecule has 31 heavy (non-hydrogen) atoms. The lowest BCUT2D eigenvalue weighted by atomic mass is 10.2. The molecule has 0 spiro atoms. The molecule has 0 saturated carbocycles. The zero-order valence-electron chi connectivity index (χ0n) is 16.7. The van der Waals surface area contributed by atoms with Crippen molar-refractivity contribution in [3.8, 4) is 0 Å². The number of carbonyl (C=O) groups excluding carboxylic acids is 2. The van der Waals surface area contributed by atoms with E-state index < -0.39 is 40.2 Å². The van der Waals surface area contributed by atoms with E-state index in [9.17, 15) is 31.2 Å². The lowest BCUT2D eigenvalue weighted by Gasteiger charge is -2.12. The third kappa shape index (κ3) is 7.07. The molecule has 0 aliphatic heterocycles. The molecule has 0 heterocycles. The van der Waals surface area contributed by atoms with Crippen LogP contribution in [0.2, 0.25) is 0 Å². The van der Waals surface area contributed by atoms with Gasteiger partial charge in [-0.25, -0.2) is 17.9 Å². The molecule has 1 unspecified atom stereocenters. The van der Waals surface area contributed by atoms with Crippen molar-refractivity contribution < 1.29 is 35.9 Å². The predicted molar refractivity (Wildman–Crippen MR) is 107 cm³/mol. The molecule has 2 rings (SSSR count). The van der Waals surface area contributed by atoms with Crippen molar-refractivity contribution in [2.75, 3.05) is 11.9 Å². The fourth-order valence-corrected chi connectivity index (χ4v) is 3.67. The Kier molecular flexibility index (Phi) is 7.80. The van der Waals surface area contributed by atoms with Crippen LogP contribution >= 0.6 is 0 Å². The molecule has 168 valence electrons. The summed E-state index contributed by atoms with van der Waals surface area (Å²) in [4.78, 5) is 23.9. The van der Waals surface area contributed by atoms with E-state index in [-0.39, 0.29) is 22.2 Å². The van der Waals surface area contributed by atoms with E-state index in [1.165, 1.54) is 24.3 Å². The van der Waals surface area contributed by atoms with Crippen LogP contribution in [0, 0.1) is 0 Å². The summed E-state index contributed by atoms with van der Waals surface area (Å²) >= 11 is 0. The van der Waals surface area contributed by atoms with Crippen LogP contribution in [0.3, 0.4) is 0 Å². The number of halogens is 3. The molecule has 0 bridgehead atoms. The van der Waals surface area contributed by atoms with Gasteiger partial charge in [0, 0.05) is 11.7 Å². The Balaban J connectivity index is 1.91. The van der Waals surface area contributed by atoms with Crippen molar-refractivity contribution in [2.45, 2.75) is 37.4 Å². The van der Waals surface area contributed by atoms with Crippen LogP contribution in [0.25, 0.3) is 0 Å². The highest BCUT2D eigenvalue weighted by Crippen LogP contribution is 2.29. The van der Waals surface area contributed by atoms with Crippen molar-refractivity contribution in [1.82, 2.24) is 4.72 Å². The molecular weight excluding hydrogens is 437 g/mol. The molecule has 2 N–H and O–H groups in total. The van der Waals surface area contributed by atoms with Crippen molar-refractivity contribution in [1.29, 1.82) is 0 Å². The number of ether oxygens (including phenoxy) is 1. The van der Waals surface area contributed by atoms with Crippen molar-refractivity contribution in [3.05, 3.63) is 59.7 Å². The molecule has 2 aromatic carbocycles. The number of esters is 1. The van der Waals surface area contributed by atoms with Crippen molar-refractivity contribution in [2.24, 2.45) is 0 Å². The highest BCUT2D eigenvalue weighted by Gasteiger charge is 2.30. The van der Waals surface area contributed by atoms with Gasteiger partial charge in [0.05, 0.1) is 16.0 Å². The standard InChI is InChI=1S/C20H21F3N2O5S/c1-3-13(2)25-31(28,29)17-10-4-14(5-11-17)19(27)30-12-18(26)24-16-8-6-15(7-9-16)20(21,22)23/h4-11,13,25H,3,12H2,1-2H3,(H,24,26). The number of anilines is 1. The molecule has 2 aromatic rings. The van der Waals surface area contributed by atoms with Gasteiger partial charge in [0.1, 0.15) is 0 Å². The molecule has 7 nitrogen and oxygen atoms in total. The molecule has 11 heteroatoms. The number of alkyl halides is 3. The van der Waals surface area contributed by atoms with Crippen molar-refractivity contribution >= 4 is 27.6 Å². The molecule has 0 aliphatic rings. The third-order valence-electron chi connectivity index (χ3n) is 4.20. The largest absolute Gasteiger partial charge is 0.452 e. The number of rotatable bonds is 8.